The largest absolute Gasteiger partial charge is 0.398 e. The normalized spacial score (nSPS) is 9.20. The van der Waals surface area contributed by atoms with Gasteiger partial charge < -0.3 is 5.73 Å². The molecule has 0 heterocycles. The monoisotopic (exact) mass is 205 g/mol. The van der Waals surface area contributed by atoms with Gasteiger partial charge in [0, 0.05) is 5.69 Å². The minimum atomic E-state index is 0.966. The molecule has 0 atom stereocenters. The number of nitrogens with two attached hydrogens (primary N) is 1. The molecule has 0 unspecified atom stereocenters. The van der Waals surface area contributed by atoms with Crippen LogP contribution in [0.5, 0.6) is 0 Å². The van der Waals surface area contributed by atoms with Crippen molar-refractivity contribution in [2.75, 3.05) is 5.73 Å². The van der Waals surface area contributed by atoms with E-state index in [0.717, 1.165) is 18.5 Å². The predicted octanol–water partition coefficient (Wildman–Crippen LogP) is 3.98. The van der Waals surface area contributed by atoms with E-state index in [-0.39, 0.29) is 0 Å². The molecule has 84 valence electrons. The number of hydrogen-bond donors (Lipinski definition) is 1. The van der Waals surface area contributed by atoms with Gasteiger partial charge in [-0.15, -0.1) is 13.2 Å². The second-order valence-corrected chi connectivity index (χ2v) is 3.48. The van der Waals surface area contributed by atoms with Crippen LogP contribution in [-0.4, -0.2) is 0 Å². The summed E-state index contributed by atoms with van der Waals surface area (Å²) in [7, 11) is 0. The number of anilines is 1. The van der Waals surface area contributed by atoms with Crippen LogP contribution in [0.2, 0.25) is 0 Å². The highest BCUT2D eigenvalue weighted by Gasteiger charge is 2.03. The smallest absolute Gasteiger partial charge is 0.0349 e. The van der Waals surface area contributed by atoms with E-state index in [1.54, 1.807) is 0 Å². The third-order valence-corrected chi connectivity index (χ3v) is 2.33. The molecule has 0 bridgehead atoms. The molecule has 2 N–H and O–H groups in total. The van der Waals surface area contributed by atoms with Crippen LogP contribution in [0.4, 0.5) is 5.69 Å². The molecule has 1 aromatic carbocycles. The average molecular weight is 205 g/mol. The van der Waals surface area contributed by atoms with Gasteiger partial charge in [-0.3, -0.25) is 0 Å². The molecule has 0 saturated carbocycles. The van der Waals surface area contributed by atoms with Crippen LogP contribution in [0.15, 0.2) is 31.4 Å². The van der Waals surface area contributed by atoms with Crippen molar-refractivity contribution in [3.8, 4) is 0 Å². The van der Waals surface area contributed by atoms with Crippen molar-refractivity contribution in [3.05, 3.63) is 42.5 Å². The van der Waals surface area contributed by atoms with E-state index in [2.05, 4.69) is 39.1 Å². The predicted molar refractivity (Wildman–Crippen MR) is 70.1 cm³/mol. The van der Waals surface area contributed by atoms with Crippen molar-refractivity contribution in [3.63, 3.8) is 0 Å². The summed E-state index contributed by atoms with van der Waals surface area (Å²) < 4.78 is 0. The first-order chi connectivity index (χ1) is 7.29. The fourth-order valence-corrected chi connectivity index (χ4v) is 1.71. The minimum absolute atomic E-state index is 0.966. The summed E-state index contributed by atoms with van der Waals surface area (Å²) in [4.78, 5) is 0. The van der Waals surface area contributed by atoms with Crippen molar-refractivity contribution >= 4 is 5.69 Å². The lowest BCUT2D eigenvalue weighted by Gasteiger charge is -2.10. The molecule has 0 aromatic heterocycles. The second kappa shape index (κ2) is 8.10. The van der Waals surface area contributed by atoms with Gasteiger partial charge in [0.2, 0.25) is 0 Å². The van der Waals surface area contributed by atoms with Crippen LogP contribution < -0.4 is 5.73 Å². The van der Waals surface area contributed by atoms with Gasteiger partial charge in [0.05, 0.1) is 0 Å². The molecule has 0 radical (unpaired) electrons. The SMILES string of the molecule is C=C.CCCc1cccc(N)c1CCC. The maximum absolute atomic E-state index is 5.94. The zero-order chi connectivity index (χ0) is 11.7. The first-order valence-electron chi connectivity index (χ1n) is 5.65. The van der Waals surface area contributed by atoms with Gasteiger partial charge in [-0.2, -0.15) is 0 Å². The first kappa shape index (κ1) is 13.8. The highest BCUT2D eigenvalue weighted by molar-refractivity contribution is 5.51. The first-order valence-corrected chi connectivity index (χ1v) is 5.65. The van der Waals surface area contributed by atoms with Gasteiger partial charge in [-0.1, -0.05) is 38.8 Å². The highest BCUT2D eigenvalue weighted by Crippen LogP contribution is 2.20. The van der Waals surface area contributed by atoms with E-state index in [1.807, 2.05) is 6.07 Å². The number of hydrogen-bond acceptors (Lipinski definition) is 1. The lowest BCUT2D eigenvalue weighted by atomic mass is 9.98. The summed E-state index contributed by atoms with van der Waals surface area (Å²) in [5.41, 5.74) is 9.71. The summed E-state index contributed by atoms with van der Waals surface area (Å²) in [6.45, 7) is 10.4. The van der Waals surface area contributed by atoms with E-state index in [1.165, 1.54) is 24.0 Å². The molecule has 0 amide bonds. The Balaban J connectivity index is 0.000000921. The lowest BCUT2D eigenvalue weighted by molar-refractivity contribution is 0.863. The van der Waals surface area contributed by atoms with Crippen LogP contribution >= 0.6 is 0 Å². The number of rotatable bonds is 4. The van der Waals surface area contributed by atoms with Gasteiger partial charge >= 0.3 is 0 Å². The summed E-state index contributed by atoms with van der Waals surface area (Å²) in [6, 6.07) is 6.26. The lowest BCUT2D eigenvalue weighted by Crippen LogP contribution is -1.99. The van der Waals surface area contributed by atoms with Gasteiger partial charge in [0.15, 0.2) is 0 Å². The van der Waals surface area contributed by atoms with E-state index >= 15 is 0 Å². The summed E-state index contributed by atoms with van der Waals surface area (Å²) in [6.07, 6.45) is 4.63. The zero-order valence-electron chi connectivity index (χ0n) is 10.1. The van der Waals surface area contributed by atoms with Crippen molar-refractivity contribution in [1.29, 1.82) is 0 Å². The maximum atomic E-state index is 5.94. The van der Waals surface area contributed by atoms with Crippen LogP contribution in [-0.2, 0) is 12.8 Å². The maximum Gasteiger partial charge on any atom is 0.0349 e. The average Bonchev–Trinajstić information content (AvgIpc) is 2.26. The molecule has 0 fully saturated rings. The zero-order valence-corrected chi connectivity index (χ0v) is 10.1. The molecule has 0 spiro atoms. The van der Waals surface area contributed by atoms with Gasteiger partial charge in [0.1, 0.15) is 0 Å². The Morgan fingerprint density at radius 2 is 1.67 bits per heavy atom. The topological polar surface area (TPSA) is 26.0 Å². The minimum Gasteiger partial charge on any atom is -0.398 e. The molecule has 15 heavy (non-hydrogen) atoms. The standard InChI is InChI=1S/C12H19N.C2H4/c1-3-6-10-8-5-9-12(13)11(10)7-4-2;1-2/h5,8-9H,3-4,6-7,13H2,1-2H3;1-2H2. The third-order valence-electron chi connectivity index (χ3n) is 2.33. The van der Waals surface area contributed by atoms with E-state index in [9.17, 15) is 0 Å². The van der Waals surface area contributed by atoms with Crippen LogP contribution in [0.25, 0.3) is 0 Å². The molecule has 0 aliphatic heterocycles. The fourth-order valence-electron chi connectivity index (χ4n) is 1.71. The van der Waals surface area contributed by atoms with E-state index in [0.29, 0.717) is 0 Å². The van der Waals surface area contributed by atoms with Crippen LogP contribution in [0.3, 0.4) is 0 Å². The Kier molecular flexibility index (Phi) is 7.43. The molecular formula is C14H23N. The number of nitrogen functional groups attached to an aromatic ring is 1. The second-order valence-electron chi connectivity index (χ2n) is 3.48. The Labute approximate surface area is 94.0 Å². The Morgan fingerprint density at radius 3 is 2.20 bits per heavy atom. The molecule has 1 aromatic rings. The number of aryl methyl sites for hydroxylation is 1. The van der Waals surface area contributed by atoms with Crippen LogP contribution in [0.1, 0.15) is 37.8 Å². The van der Waals surface area contributed by atoms with Crippen molar-refractivity contribution in [1.82, 2.24) is 0 Å². The van der Waals surface area contributed by atoms with E-state index < -0.39 is 0 Å². The van der Waals surface area contributed by atoms with Gasteiger partial charge in [-0.25, -0.2) is 0 Å². The Hall–Kier alpha value is -1.24. The van der Waals surface area contributed by atoms with E-state index in [4.69, 9.17) is 5.73 Å². The summed E-state index contributed by atoms with van der Waals surface area (Å²) >= 11 is 0. The molecule has 1 rings (SSSR count). The molecule has 0 aliphatic rings. The molecule has 0 aliphatic carbocycles. The molecule has 0 saturated heterocycles. The Morgan fingerprint density at radius 1 is 1.07 bits per heavy atom. The Bertz CT molecular complexity index is 279. The molecular weight excluding hydrogens is 182 g/mol. The molecule has 1 heteroatoms. The third kappa shape index (κ3) is 4.20. The summed E-state index contributed by atoms with van der Waals surface area (Å²) in [5.74, 6) is 0. The number of benzene rings is 1. The highest BCUT2D eigenvalue weighted by atomic mass is 14.6. The van der Waals surface area contributed by atoms with Crippen molar-refractivity contribution in [2.24, 2.45) is 0 Å². The van der Waals surface area contributed by atoms with Gasteiger partial charge in [-0.05, 0) is 30.0 Å². The van der Waals surface area contributed by atoms with Crippen LogP contribution in [0, 0.1) is 0 Å². The quantitative estimate of drug-likeness (QED) is 0.584. The summed E-state index contributed by atoms with van der Waals surface area (Å²) in [5, 5.41) is 0. The van der Waals surface area contributed by atoms with Crippen molar-refractivity contribution in [2.45, 2.75) is 39.5 Å². The van der Waals surface area contributed by atoms with Gasteiger partial charge in [0.25, 0.3) is 0 Å². The van der Waals surface area contributed by atoms with Crippen molar-refractivity contribution < 1.29 is 0 Å². The fraction of sp³-hybridized carbons (Fsp3) is 0.429. The molecule has 1 nitrogen and oxygen atoms in total.